The number of hydrogen-bond donors (Lipinski definition) is 2. The Morgan fingerprint density at radius 3 is 2.33 bits per heavy atom. The smallest absolute Gasteiger partial charge is 0.332 e. The second kappa shape index (κ2) is 3.65. The van der Waals surface area contributed by atoms with Gasteiger partial charge in [0.25, 0.3) is 11.5 Å². The Morgan fingerprint density at radius 2 is 1.78 bits per heavy atom. The number of fused-ring (bicyclic) bond motifs is 1. The van der Waals surface area contributed by atoms with Gasteiger partial charge in [0, 0.05) is 14.1 Å². The number of nitrogens with two attached hydrogens (primary N) is 2. The van der Waals surface area contributed by atoms with Gasteiger partial charge in [-0.1, -0.05) is 0 Å². The molecule has 4 N–H and O–H groups in total. The van der Waals surface area contributed by atoms with Crippen LogP contribution in [-0.2, 0) is 14.1 Å². The van der Waals surface area contributed by atoms with Crippen molar-refractivity contribution in [2.45, 2.75) is 0 Å². The molecule has 9 nitrogen and oxygen atoms in total. The number of primary amides is 1. The lowest BCUT2D eigenvalue weighted by atomic mass is 10.3. The summed E-state index contributed by atoms with van der Waals surface area (Å²) in [7, 11) is 2.72. The SMILES string of the molecule is Cn1c(=O)c2nc(C(N)=O)c(N)nc2n(C)c1=O. The van der Waals surface area contributed by atoms with Crippen LogP contribution in [0, 0.1) is 0 Å². The average Bonchev–Trinajstić information content (AvgIpc) is 2.33. The number of aromatic nitrogens is 4. The normalized spacial score (nSPS) is 10.8. The molecular weight excluding hydrogens is 240 g/mol. The first-order valence-corrected chi connectivity index (χ1v) is 4.87. The summed E-state index contributed by atoms with van der Waals surface area (Å²) in [5.74, 6) is -1.11. The van der Waals surface area contributed by atoms with Crippen molar-refractivity contribution in [2.24, 2.45) is 19.8 Å². The highest BCUT2D eigenvalue weighted by atomic mass is 16.2. The van der Waals surface area contributed by atoms with Crippen LogP contribution in [0.25, 0.3) is 11.2 Å². The Kier molecular flexibility index (Phi) is 2.39. The second-order valence-electron chi connectivity index (χ2n) is 3.70. The van der Waals surface area contributed by atoms with Crippen molar-refractivity contribution in [2.75, 3.05) is 5.73 Å². The van der Waals surface area contributed by atoms with Crippen LogP contribution in [0.15, 0.2) is 9.59 Å². The van der Waals surface area contributed by atoms with Gasteiger partial charge in [-0.15, -0.1) is 0 Å². The van der Waals surface area contributed by atoms with Gasteiger partial charge in [-0.05, 0) is 0 Å². The molecule has 0 atom stereocenters. The summed E-state index contributed by atoms with van der Waals surface area (Å²) < 4.78 is 1.98. The molecule has 2 heterocycles. The van der Waals surface area contributed by atoms with E-state index in [0.717, 1.165) is 9.13 Å². The monoisotopic (exact) mass is 250 g/mol. The minimum absolute atomic E-state index is 0.00519. The zero-order chi connectivity index (χ0) is 13.6. The number of carbonyl (C=O) groups is 1. The molecule has 0 bridgehead atoms. The van der Waals surface area contributed by atoms with Crippen molar-refractivity contribution >= 4 is 22.9 Å². The van der Waals surface area contributed by atoms with E-state index in [2.05, 4.69) is 9.97 Å². The van der Waals surface area contributed by atoms with Gasteiger partial charge >= 0.3 is 5.69 Å². The predicted octanol–water partition coefficient (Wildman–Crippen LogP) is -2.29. The maximum atomic E-state index is 11.8. The highest BCUT2D eigenvalue weighted by molar-refractivity contribution is 5.96. The largest absolute Gasteiger partial charge is 0.382 e. The lowest BCUT2D eigenvalue weighted by Crippen LogP contribution is -2.38. The molecule has 9 heteroatoms. The maximum Gasteiger partial charge on any atom is 0.332 e. The second-order valence-corrected chi connectivity index (χ2v) is 3.70. The Labute approximate surface area is 99.7 Å². The van der Waals surface area contributed by atoms with Crippen molar-refractivity contribution < 1.29 is 4.79 Å². The predicted molar refractivity (Wildman–Crippen MR) is 63.0 cm³/mol. The fraction of sp³-hybridized carbons (Fsp3) is 0.222. The Morgan fingerprint density at radius 1 is 1.17 bits per heavy atom. The van der Waals surface area contributed by atoms with Gasteiger partial charge in [0.1, 0.15) is 0 Å². The van der Waals surface area contributed by atoms with E-state index in [1.165, 1.54) is 14.1 Å². The van der Waals surface area contributed by atoms with Crippen molar-refractivity contribution in [3.8, 4) is 0 Å². The molecule has 2 aromatic rings. The number of rotatable bonds is 1. The van der Waals surface area contributed by atoms with Crippen LogP contribution in [0.3, 0.4) is 0 Å². The van der Waals surface area contributed by atoms with E-state index >= 15 is 0 Å². The average molecular weight is 250 g/mol. The van der Waals surface area contributed by atoms with E-state index in [-0.39, 0.29) is 22.7 Å². The van der Waals surface area contributed by atoms with Gasteiger partial charge < -0.3 is 11.5 Å². The summed E-state index contributed by atoms with van der Waals surface area (Å²) in [6, 6.07) is 0. The molecule has 94 valence electrons. The number of amides is 1. The fourth-order valence-electron chi connectivity index (χ4n) is 1.56. The summed E-state index contributed by atoms with van der Waals surface area (Å²) in [6.07, 6.45) is 0. The van der Waals surface area contributed by atoms with E-state index in [1.54, 1.807) is 0 Å². The van der Waals surface area contributed by atoms with E-state index in [1.807, 2.05) is 0 Å². The van der Waals surface area contributed by atoms with Crippen LogP contribution >= 0.6 is 0 Å². The first kappa shape index (κ1) is 11.8. The van der Waals surface area contributed by atoms with Crippen molar-refractivity contribution in [1.82, 2.24) is 19.1 Å². The van der Waals surface area contributed by atoms with Gasteiger partial charge in [-0.25, -0.2) is 14.8 Å². The molecule has 0 fully saturated rings. The van der Waals surface area contributed by atoms with Crippen LogP contribution in [-0.4, -0.2) is 25.0 Å². The Balaban J connectivity index is 3.09. The van der Waals surface area contributed by atoms with Crippen LogP contribution in [0.5, 0.6) is 0 Å². The Bertz CT molecular complexity index is 787. The van der Waals surface area contributed by atoms with E-state index in [0.29, 0.717) is 0 Å². The first-order chi connectivity index (χ1) is 8.34. The third kappa shape index (κ3) is 1.44. The summed E-state index contributed by atoms with van der Waals surface area (Å²) in [5.41, 5.74) is 8.91. The van der Waals surface area contributed by atoms with Gasteiger partial charge in [0.2, 0.25) is 0 Å². The van der Waals surface area contributed by atoms with E-state index < -0.39 is 17.2 Å². The minimum atomic E-state index is -0.891. The quantitative estimate of drug-likeness (QED) is 0.583. The zero-order valence-electron chi connectivity index (χ0n) is 9.67. The lowest BCUT2D eigenvalue weighted by Gasteiger charge is -2.07. The molecular formula is C9H10N6O3. The number of hydrogen-bond acceptors (Lipinski definition) is 6. The van der Waals surface area contributed by atoms with E-state index in [4.69, 9.17) is 11.5 Å². The van der Waals surface area contributed by atoms with Crippen LogP contribution in [0.2, 0.25) is 0 Å². The van der Waals surface area contributed by atoms with Crippen molar-refractivity contribution in [3.05, 3.63) is 26.5 Å². The Hall–Kier alpha value is -2.71. The van der Waals surface area contributed by atoms with Crippen molar-refractivity contribution in [1.29, 1.82) is 0 Å². The topological polar surface area (TPSA) is 139 Å². The molecule has 0 aliphatic heterocycles. The highest BCUT2D eigenvalue weighted by Gasteiger charge is 2.16. The molecule has 0 unspecified atom stereocenters. The molecule has 2 aromatic heterocycles. The fourth-order valence-corrected chi connectivity index (χ4v) is 1.56. The molecule has 18 heavy (non-hydrogen) atoms. The summed E-state index contributed by atoms with van der Waals surface area (Å²) in [4.78, 5) is 42.2. The van der Waals surface area contributed by atoms with Gasteiger partial charge in [0.05, 0.1) is 0 Å². The van der Waals surface area contributed by atoms with Crippen LogP contribution < -0.4 is 22.7 Å². The van der Waals surface area contributed by atoms with Crippen molar-refractivity contribution in [3.63, 3.8) is 0 Å². The van der Waals surface area contributed by atoms with Crippen LogP contribution in [0.1, 0.15) is 10.5 Å². The minimum Gasteiger partial charge on any atom is -0.382 e. The number of aryl methyl sites for hydroxylation is 1. The molecule has 0 saturated heterocycles. The van der Waals surface area contributed by atoms with Gasteiger partial charge in [-0.3, -0.25) is 18.7 Å². The standard InChI is InChI=1S/C9H10N6O3/c1-14-7-4(8(17)15(2)9(14)18)12-3(6(11)16)5(10)13-7/h1-2H3,(H2,10,13)(H2,11,16). The first-order valence-electron chi connectivity index (χ1n) is 4.87. The number of nitrogen functional groups attached to an aromatic ring is 1. The number of carbonyl (C=O) groups excluding carboxylic acids is 1. The highest BCUT2D eigenvalue weighted by Crippen LogP contribution is 2.09. The van der Waals surface area contributed by atoms with Crippen LogP contribution in [0.4, 0.5) is 5.82 Å². The zero-order valence-corrected chi connectivity index (χ0v) is 9.67. The number of anilines is 1. The molecule has 0 spiro atoms. The third-order valence-electron chi connectivity index (χ3n) is 2.54. The molecule has 1 amide bonds. The summed E-state index contributed by atoms with van der Waals surface area (Å²) >= 11 is 0. The van der Waals surface area contributed by atoms with Gasteiger partial charge in [0.15, 0.2) is 22.7 Å². The molecule has 0 saturated carbocycles. The third-order valence-corrected chi connectivity index (χ3v) is 2.54. The molecule has 0 aliphatic rings. The molecule has 0 aliphatic carbocycles. The lowest BCUT2D eigenvalue weighted by molar-refractivity contribution is 0.0996. The number of nitrogens with zero attached hydrogens (tertiary/aromatic N) is 4. The molecule has 0 radical (unpaired) electrons. The van der Waals surface area contributed by atoms with E-state index in [9.17, 15) is 14.4 Å². The molecule has 2 rings (SSSR count). The molecule has 0 aromatic carbocycles. The summed E-state index contributed by atoms with van der Waals surface area (Å²) in [6.45, 7) is 0. The summed E-state index contributed by atoms with van der Waals surface area (Å²) in [5, 5.41) is 0. The maximum absolute atomic E-state index is 11.8. The van der Waals surface area contributed by atoms with Gasteiger partial charge in [-0.2, -0.15) is 0 Å².